The first-order chi connectivity index (χ1) is 9.24. The molecule has 6 heteroatoms. The summed E-state index contributed by atoms with van der Waals surface area (Å²) in [5.41, 5.74) is 4.52. The molecule has 1 N–H and O–H groups in total. The van der Waals surface area contributed by atoms with Crippen molar-refractivity contribution in [3.05, 3.63) is 29.1 Å². The van der Waals surface area contributed by atoms with Crippen molar-refractivity contribution >= 4 is 17.7 Å². The van der Waals surface area contributed by atoms with Gasteiger partial charge in [0.15, 0.2) is 5.16 Å². The van der Waals surface area contributed by atoms with Gasteiger partial charge in [0.05, 0.1) is 24.1 Å². The molecular weight excluding hydrogens is 262 g/mol. The van der Waals surface area contributed by atoms with E-state index >= 15 is 0 Å². The normalized spacial score (nSPS) is 12.7. The number of ether oxygens (including phenoxy) is 1. The van der Waals surface area contributed by atoms with Crippen LogP contribution in [0.1, 0.15) is 21.5 Å². The summed E-state index contributed by atoms with van der Waals surface area (Å²) in [5.74, 6) is -0.305. The first-order valence-electron chi connectivity index (χ1n) is 5.93. The Bertz CT molecular complexity index is 651. The van der Waals surface area contributed by atoms with E-state index < -0.39 is 0 Å². The molecule has 19 heavy (non-hydrogen) atoms. The molecule has 0 spiro atoms. The second-order valence-corrected chi connectivity index (χ2v) is 5.05. The van der Waals surface area contributed by atoms with Gasteiger partial charge in [-0.25, -0.2) is 14.8 Å². The van der Waals surface area contributed by atoms with Crippen LogP contribution in [0.25, 0.3) is 11.4 Å². The highest BCUT2D eigenvalue weighted by atomic mass is 32.2. The predicted octanol–water partition coefficient (Wildman–Crippen LogP) is 2.08. The van der Waals surface area contributed by atoms with E-state index in [2.05, 4.69) is 15.0 Å². The van der Waals surface area contributed by atoms with E-state index in [-0.39, 0.29) is 5.97 Å². The van der Waals surface area contributed by atoms with Crippen LogP contribution in [0.15, 0.2) is 17.6 Å². The highest BCUT2D eigenvalue weighted by molar-refractivity contribution is 7.98. The number of carbonyl (C=O) groups is 1. The maximum absolute atomic E-state index is 11.7. The fourth-order valence-electron chi connectivity index (χ4n) is 2.36. The van der Waals surface area contributed by atoms with Crippen molar-refractivity contribution in [2.24, 2.45) is 0 Å². The van der Waals surface area contributed by atoms with Crippen LogP contribution in [0.2, 0.25) is 0 Å². The molecule has 0 saturated heterocycles. The lowest BCUT2D eigenvalue weighted by Crippen LogP contribution is -2.10. The summed E-state index contributed by atoms with van der Waals surface area (Å²) >= 11 is 1.51. The van der Waals surface area contributed by atoms with Gasteiger partial charge >= 0.3 is 5.97 Å². The molecular formula is C13H13N3O2S. The molecule has 0 saturated carbocycles. The smallest absolute Gasteiger partial charge is 0.339 e. The number of esters is 1. The van der Waals surface area contributed by atoms with Gasteiger partial charge in [-0.05, 0) is 30.2 Å². The van der Waals surface area contributed by atoms with Crippen molar-refractivity contribution in [2.45, 2.75) is 18.0 Å². The van der Waals surface area contributed by atoms with Gasteiger partial charge in [-0.2, -0.15) is 0 Å². The number of thioether (sulfide) groups is 1. The molecule has 0 bridgehead atoms. The Balaban J connectivity index is 2.14. The fourth-order valence-corrected chi connectivity index (χ4v) is 2.70. The largest absolute Gasteiger partial charge is 0.465 e. The van der Waals surface area contributed by atoms with Crippen molar-refractivity contribution in [1.82, 2.24) is 15.0 Å². The van der Waals surface area contributed by atoms with Gasteiger partial charge in [0.2, 0.25) is 0 Å². The first kappa shape index (κ1) is 12.2. The molecule has 98 valence electrons. The maximum atomic E-state index is 11.7. The molecule has 0 unspecified atom stereocenters. The van der Waals surface area contributed by atoms with Gasteiger partial charge in [-0.3, -0.25) is 0 Å². The number of fused-ring (bicyclic) bond motifs is 3. The van der Waals surface area contributed by atoms with Gasteiger partial charge in [-0.15, -0.1) is 0 Å². The molecule has 2 heterocycles. The van der Waals surface area contributed by atoms with E-state index in [0.717, 1.165) is 40.5 Å². The third-order valence-corrected chi connectivity index (χ3v) is 3.86. The van der Waals surface area contributed by atoms with E-state index in [1.165, 1.54) is 18.9 Å². The number of aromatic amines is 1. The van der Waals surface area contributed by atoms with Gasteiger partial charge in [0.1, 0.15) is 0 Å². The lowest BCUT2D eigenvalue weighted by molar-refractivity contribution is 0.0600. The number of hydrogen-bond acceptors (Lipinski definition) is 5. The van der Waals surface area contributed by atoms with Gasteiger partial charge in [0, 0.05) is 12.4 Å². The van der Waals surface area contributed by atoms with E-state index in [1.54, 1.807) is 6.20 Å². The van der Waals surface area contributed by atoms with Crippen LogP contribution in [0.4, 0.5) is 0 Å². The summed E-state index contributed by atoms with van der Waals surface area (Å²) in [7, 11) is 1.40. The molecule has 1 aliphatic carbocycles. The van der Waals surface area contributed by atoms with E-state index in [9.17, 15) is 4.79 Å². The number of carbonyl (C=O) groups excluding carboxylic acids is 1. The minimum atomic E-state index is -0.305. The average Bonchev–Trinajstić information content (AvgIpc) is 2.90. The Morgan fingerprint density at radius 3 is 3.05 bits per heavy atom. The maximum Gasteiger partial charge on any atom is 0.339 e. The number of aryl methyl sites for hydroxylation is 1. The molecule has 5 nitrogen and oxygen atoms in total. The fraction of sp³-hybridized carbons (Fsp3) is 0.308. The van der Waals surface area contributed by atoms with Crippen LogP contribution in [-0.2, 0) is 17.6 Å². The number of H-pyrrole nitrogens is 1. The molecule has 0 aromatic carbocycles. The number of rotatable bonds is 2. The number of nitrogens with zero attached hydrogens (tertiary/aromatic N) is 2. The molecule has 0 atom stereocenters. The number of methoxy groups -OCH3 is 1. The van der Waals surface area contributed by atoms with Gasteiger partial charge in [0.25, 0.3) is 0 Å². The minimum absolute atomic E-state index is 0.305. The van der Waals surface area contributed by atoms with Crippen molar-refractivity contribution < 1.29 is 9.53 Å². The quantitative estimate of drug-likeness (QED) is 0.516. The lowest BCUT2D eigenvalue weighted by atomic mass is 9.93. The predicted molar refractivity (Wildman–Crippen MR) is 72.3 cm³/mol. The Morgan fingerprint density at radius 2 is 2.32 bits per heavy atom. The van der Waals surface area contributed by atoms with Crippen molar-refractivity contribution in [3.63, 3.8) is 0 Å². The van der Waals surface area contributed by atoms with E-state index in [4.69, 9.17) is 4.74 Å². The minimum Gasteiger partial charge on any atom is -0.465 e. The van der Waals surface area contributed by atoms with Crippen molar-refractivity contribution in [1.29, 1.82) is 0 Å². The molecule has 3 rings (SSSR count). The highest BCUT2D eigenvalue weighted by Crippen LogP contribution is 2.33. The van der Waals surface area contributed by atoms with Crippen LogP contribution < -0.4 is 0 Å². The Morgan fingerprint density at radius 1 is 1.47 bits per heavy atom. The van der Waals surface area contributed by atoms with Crippen molar-refractivity contribution in [2.75, 3.05) is 13.4 Å². The van der Waals surface area contributed by atoms with Crippen LogP contribution in [0.3, 0.4) is 0 Å². The van der Waals surface area contributed by atoms with Gasteiger partial charge < -0.3 is 9.72 Å². The Hall–Kier alpha value is -1.82. The summed E-state index contributed by atoms with van der Waals surface area (Å²) in [5, 5.41) is 0.737. The van der Waals surface area contributed by atoms with E-state index in [1.807, 2.05) is 12.5 Å². The lowest BCUT2D eigenvalue weighted by Gasteiger charge is -2.16. The molecule has 0 aliphatic heterocycles. The zero-order valence-corrected chi connectivity index (χ0v) is 11.5. The van der Waals surface area contributed by atoms with Crippen LogP contribution in [0.5, 0.6) is 0 Å². The Kier molecular flexibility index (Phi) is 3.02. The topological polar surface area (TPSA) is 67.9 Å². The zero-order chi connectivity index (χ0) is 13.4. The molecule has 2 aromatic rings. The standard InChI is InChI=1S/C13H13N3O2S/c1-18-12(17)9-6-14-11-8(9)4-3-7-5-15-13(19-2)16-10(7)11/h5-6,14H,3-4H2,1-2H3. The highest BCUT2D eigenvalue weighted by Gasteiger charge is 2.25. The molecule has 0 radical (unpaired) electrons. The second kappa shape index (κ2) is 4.70. The third-order valence-electron chi connectivity index (χ3n) is 3.30. The summed E-state index contributed by atoms with van der Waals surface area (Å²) < 4.78 is 4.80. The summed E-state index contributed by atoms with van der Waals surface area (Å²) in [6, 6.07) is 0. The monoisotopic (exact) mass is 275 g/mol. The zero-order valence-electron chi connectivity index (χ0n) is 10.7. The number of aromatic nitrogens is 3. The van der Waals surface area contributed by atoms with Crippen molar-refractivity contribution in [3.8, 4) is 11.4 Å². The summed E-state index contributed by atoms with van der Waals surface area (Å²) in [6.07, 6.45) is 7.17. The van der Waals surface area contributed by atoms with E-state index in [0.29, 0.717) is 5.56 Å². The van der Waals surface area contributed by atoms with Crippen LogP contribution in [-0.4, -0.2) is 34.3 Å². The second-order valence-electron chi connectivity index (χ2n) is 4.28. The molecule has 0 amide bonds. The Labute approximate surface area is 114 Å². The van der Waals surface area contributed by atoms with Gasteiger partial charge in [-0.1, -0.05) is 11.8 Å². The SMILES string of the molecule is COC(=O)c1c[nH]c2c1CCc1cnc(SC)nc1-2. The number of nitrogens with one attached hydrogen (secondary N) is 1. The van der Waals surface area contributed by atoms with Crippen LogP contribution >= 0.6 is 11.8 Å². The average molecular weight is 275 g/mol. The number of hydrogen-bond donors (Lipinski definition) is 1. The first-order valence-corrected chi connectivity index (χ1v) is 7.16. The summed E-state index contributed by atoms with van der Waals surface area (Å²) in [4.78, 5) is 23.7. The summed E-state index contributed by atoms with van der Waals surface area (Å²) in [6.45, 7) is 0. The molecule has 1 aliphatic rings. The molecule has 0 fully saturated rings. The molecule has 2 aromatic heterocycles. The third kappa shape index (κ3) is 1.92. The van der Waals surface area contributed by atoms with Crippen LogP contribution in [0, 0.1) is 0 Å².